The predicted molar refractivity (Wildman–Crippen MR) is 345 cm³/mol. The van der Waals surface area contributed by atoms with E-state index in [0.717, 1.165) is 48.1 Å². The highest BCUT2D eigenvalue weighted by Gasteiger charge is 2.46. The van der Waals surface area contributed by atoms with Crippen LogP contribution < -0.4 is 41.5 Å². The Bertz CT molecular complexity index is 4900. The van der Waals surface area contributed by atoms with Crippen LogP contribution in [0.3, 0.4) is 0 Å². The summed E-state index contributed by atoms with van der Waals surface area (Å²) < 4.78 is 127. The number of para-hydroxylation sites is 2. The molecule has 2 aromatic heterocycles. The van der Waals surface area contributed by atoms with Gasteiger partial charge in [-0.25, -0.2) is 9.97 Å². The van der Waals surface area contributed by atoms with E-state index in [2.05, 4.69) is 16.7 Å². The molecule has 0 spiro atoms. The highest BCUT2D eigenvalue weighted by molar-refractivity contribution is 7.22. The second-order valence-corrected chi connectivity index (χ2v) is 27.3. The van der Waals surface area contributed by atoms with Gasteiger partial charge in [0.1, 0.15) is 5.82 Å². The van der Waals surface area contributed by atoms with Crippen molar-refractivity contribution >= 4 is 79.4 Å². The normalized spacial score (nSPS) is 14.0. The first-order chi connectivity index (χ1) is 45.6. The lowest BCUT2D eigenvalue weighted by molar-refractivity contribution is 1.05. The molecule has 0 aliphatic rings. The van der Waals surface area contributed by atoms with Crippen molar-refractivity contribution < 1.29 is 17.8 Å². The molecule has 0 unspecified atom stereocenters. The van der Waals surface area contributed by atoms with Crippen LogP contribution in [0.4, 0.5) is 0 Å². The summed E-state index contributed by atoms with van der Waals surface area (Å²) in [5.74, 6) is 0.463. The molecule has 0 fully saturated rings. The minimum absolute atomic E-state index is 0.0109. The Balaban J connectivity index is 1.22. The number of nitrogens with zero attached hydrogens (tertiary/aromatic N) is 3. The summed E-state index contributed by atoms with van der Waals surface area (Å²) in [6.45, 7) is 0. The Morgan fingerprint density at radius 1 is 0.284 bits per heavy atom. The van der Waals surface area contributed by atoms with Gasteiger partial charge in [0.15, 0.2) is 22.0 Å². The Morgan fingerprint density at radius 3 is 1.09 bits per heavy atom. The standard InChI is InChI=1S/C76H55N3Si2/c1-8-28-56(29-9-1)59-34-26-44-66(50-59)80(62-36-14-4-15-37-62,63-38-16-5-17-39-63)68-52-61(76-77-72(58-32-12-3-13-33-58)55-75(78-76)79-73-48-24-22-46-70(73)71-47-23-25-49-74(71)79)53-69(54-68)81(64-40-18-6-19-41-64,65-42-20-7-21-43-65)67-45-27-35-60(51-67)57-30-10-2-11-31-57/h1-55H/i1D,2D,8D,9D,10D,11D,28D,29D,30D,31D,52D,53D,54D. The lowest BCUT2D eigenvalue weighted by atomic mass is 10.1. The monoisotopic (exact) mass is 1080 g/mol. The second-order valence-electron chi connectivity index (χ2n) is 19.8. The first kappa shape index (κ1) is 36.9. The van der Waals surface area contributed by atoms with Gasteiger partial charge in [-0.1, -0.05) is 315 Å². The number of hydrogen-bond acceptors (Lipinski definition) is 2. The van der Waals surface area contributed by atoms with Crippen molar-refractivity contribution in [3.63, 3.8) is 0 Å². The molecule has 382 valence electrons. The van der Waals surface area contributed by atoms with E-state index in [1.807, 2.05) is 218 Å². The van der Waals surface area contributed by atoms with Gasteiger partial charge in [-0.2, -0.15) is 0 Å². The summed E-state index contributed by atoms with van der Waals surface area (Å²) in [6, 6.07) is 75.7. The molecule has 12 aromatic carbocycles. The molecule has 2 heterocycles. The lowest BCUT2D eigenvalue weighted by Crippen LogP contribution is -2.78. The Kier molecular flexibility index (Phi) is 9.71. The predicted octanol–water partition coefficient (Wildman–Crippen LogP) is 13.0. The maximum Gasteiger partial charge on any atom is 0.179 e. The van der Waals surface area contributed by atoms with Crippen molar-refractivity contribution in [2.45, 2.75) is 0 Å². The number of fused-ring (bicyclic) bond motifs is 3. The van der Waals surface area contributed by atoms with Crippen molar-refractivity contribution in [1.82, 2.24) is 14.5 Å². The molecule has 0 radical (unpaired) electrons. The topological polar surface area (TPSA) is 30.7 Å². The van der Waals surface area contributed by atoms with E-state index in [1.54, 1.807) is 24.3 Å². The summed E-state index contributed by atoms with van der Waals surface area (Å²) in [5.41, 5.74) is 3.49. The summed E-state index contributed by atoms with van der Waals surface area (Å²) in [7, 11) is -8.80. The molecule has 0 atom stereocenters. The van der Waals surface area contributed by atoms with Crippen molar-refractivity contribution in [3.8, 4) is 50.7 Å². The van der Waals surface area contributed by atoms with Gasteiger partial charge in [-0.05, 0) is 75.9 Å². The van der Waals surface area contributed by atoms with Crippen molar-refractivity contribution in [2.75, 3.05) is 0 Å². The molecule has 5 heteroatoms. The molecule has 0 saturated heterocycles. The molecule has 3 nitrogen and oxygen atoms in total. The summed E-state index contributed by atoms with van der Waals surface area (Å²) in [6.07, 6.45) is 0. The fraction of sp³-hybridized carbons (Fsp3) is 0. The summed E-state index contributed by atoms with van der Waals surface area (Å²) >= 11 is 0. The second kappa shape index (κ2) is 21.3. The lowest BCUT2D eigenvalue weighted by Gasteiger charge is -2.38. The average Bonchev–Trinajstić information content (AvgIpc) is 0.776. The average molecular weight is 1080 g/mol. The highest BCUT2D eigenvalue weighted by atomic mass is 28.3. The quantitative estimate of drug-likeness (QED) is 0.0851. The van der Waals surface area contributed by atoms with Crippen LogP contribution in [0.1, 0.15) is 17.8 Å². The zero-order valence-corrected chi connectivity index (χ0v) is 45.6. The van der Waals surface area contributed by atoms with Crippen LogP contribution in [0.25, 0.3) is 72.5 Å². The van der Waals surface area contributed by atoms with Gasteiger partial charge in [-0.3, -0.25) is 4.57 Å². The highest BCUT2D eigenvalue weighted by Crippen LogP contribution is 2.34. The molecular weight excluding hydrogens is 1010 g/mol. The van der Waals surface area contributed by atoms with E-state index in [9.17, 15) is 9.60 Å². The van der Waals surface area contributed by atoms with E-state index in [1.165, 1.54) is 0 Å². The number of rotatable bonds is 13. The van der Waals surface area contributed by atoms with Gasteiger partial charge < -0.3 is 0 Å². The third-order valence-electron chi connectivity index (χ3n) is 15.3. The molecular formula is C76H55N3Si2. The summed E-state index contributed by atoms with van der Waals surface area (Å²) in [4.78, 5) is 11.1. The van der Waals surface area contributed by atoms with Gasteiger partial charge in [-0.15, -0.1) is 0 Å². The van der Waals surface area contributed by atoms with Gasteiger partial charge in [0.05, 0.1) is 34.5 Å². The van der Waals surface area contributed by atoms with Crippen molar-refractivity contribution in [1.29, 1.82) is 0 Å². The maximum atomic E-state index is 11.8. The van der Waals surface area contributed by atoms with Crippen LogP contribution in [-0.4, -0.2) is 30.7 Å². The van der Waals surface area contributed by atoms with E-state index in [0.29, 0.717) is 33.0 Å². The minimum atomic E-state index is -4.40. The molecule has 0 N–H and O–H groups in total. The SMILES string of the molecule is [2H]c1c([2H])c([2H])c(-c2cccc([Si](c3ccccc3)(c3ccccc3)c3c([2H])c(-c4nc(-c5ccccc5)cc(-n5c6ccccc6c6ccccc65)n4)c([2H])c([Si](c4ccccc4)(c4ccccc4)c4cccc(-c5c([2H])c([2H])c([2H])c([2H])c5[2H])c4)c3[2H])c2)c([2H])c1[2H]. The van der Waals surface area contributed by atoms with Crippen LogP contribution >= 0.6 is 0 Å². The third kappa shape index (κ3) is 8.77. The first-order valence-electron chi connectivity index (χ1n) is 33.2. The Morgan fingerprint density at radius 2 is 0.654 bits per heavy atom. The van der Waals surface area contributed by atoms with E-state index in [-0.39, 0.29) is 51.0 Å². The molecule has 14 rings (SSSR count). The largest absolute Gasteiger partial charge is 0.294 e. The molecule has 0 aliphatic heterocycles. The van der Waals surface area contributed by atoms with Gasteiger partial charge in [0.25, 0.3) is 0 Å². The summed E-state index contributed by atoms with van der Waals surface area (Å²) in [5, 5.41) is 6.48. The number of benzene rings is 12. The molecule has 0 saturated carbocycles. The van der Waals surface area contributed by atoms with Crippen LogP contribution in [-0.2, 0) is 0 Å². The van der Waals surface area contributed by atoms with Crippen LogP contribution in [0.2, 0.25) is 0 Å². The van der Waals surface area contributed by atoms with Gasteiger partial charge in [0.2, 0.25) is 0 Å². The zero-order chi connectivity index (χ0) is 65.3. The molecule has 0 aliphatic carbocycles. The van der Waals surface area contributed by atoms with Crippen LogP contribution in [0, 0.1) is 0 Å². The first-order valence-corrected chi connectivity index (χ1v) is 30.7. The van der Waals surface area contributed by atoms with Crippen molar-refractivity contribution in [3.05, 3.63) is 333 Å². The molecule has 81 heavy (non-hydrogen) atoms. The fourth-order valence-electron chi connectivity index (χ4n) is 11.8. The van der Waals surface area contributed by atoms with Gasteiger partial charge >= 0.3 is 0 Å². The number of aromatic nitrogens is 3. The molecule has 0 amide bonds. The third-order valence-corrected chi connectivity index (χ3v) is 24.5. The van der Waals surface area contributed by atoms with Crippen molar-refractivity contribution in [2.24, 2.45) is 0 Å². The zero-order valence-electron chi connectivity index (χ0n) is 56.6. The maximum absolute atomic E-state index is 11.8. The molecule has 0 bridgehead atoms. The Hall–Kier alpha value is -10.0. The minimum Gasteiger partial charge on any atom is -0.294 e. The smallest absolute Gasteiger partial charge is 0.179 e. The van der Waals surface area contributed by atoms with E-state index < -0.39 is 76.6 Å². The van der Waals surface area contributed by atoms with E-state index in [4.69, 9.17) is 18.2 Å². The molecule has 14 aromatic rings. The number of hydrogen-bond donors (Lipinski definition) is 0. The fourth-order valence-corrected chi connectivity index (χ4v) is 21.1. The van der Waals surface area contributed by atoms with E-state index >= 15 is 0 Å². The Labute approximate surface area is 493 Å². The van der Waals surface area contributed by atoms with Gasteiger partial charge in [0, 0.05) is 28.0 Å². The van der Waals surface area contributed by atoms with Crippen LogP contribution in [0.15, 0.2) is 333 Å². The van der Waals surface area contributed by atoms with Crippen LogP contribution in [0.5, 0.6) is 0 Å².